The Bertz CT molecular complexity index is 1580. The summed E-state index contributed by atoms with van der Waals surface area (Å²) in [5.41, 5.74) is -2.32. The van der Waals surface area contributed by atoms with E-state index in [9.17, 15) is 14.4 Å². The smallest absolute Gasteiger partial charge is 0.333 e. The summed E-state index contributed by atoms with van der Waals surface area (Å²) in [6.07, 6.45) is 1.59. The maximum absolute atomic E-state index is 14.1. The summed E-state index contributed by atoms with van der Waals surface area (Å²) in [7, 11) is 1.56. The number of carbonyl (C=O) groups excluding carboxylic acids is 1. The van der Waals surface area contributed by atoms with Crippen molar-refractivity contribution in [2.24, 2.45) is 0 Å². The minimum atomic E-state index is -1.63. The molecule has 0 fully saturated rings. The predicted molar refractivity (Wildman–Crippen MR) is 146 cm³/mol. The molecule has 0 N–H and O–H groups in total. The molecule has 3 aromatic heterocycles. The fourth-order valence-corrected chi connectivity index (χ4v) is 5.20. The molecule has 0 aliphatic rings. The average Bonchev–Trinajstić information content (AvgIpc) is 3.55. The van der Waals surface area contributed by atoms with E-state index in [1.165, 1.54) is 30.9 Å². The Kier molecular flexibility index (Phi) is 8.07. The van der Waals surface area contributed by atoms with Crippen LogP contribution < -0.4 is 16.0 Å². The van der Waals surface area contributed by atoms with Crippen molar-refractivity contribution in [3.05, 3.63) is 63.1 Å². The molecule has 0 aliphatic heterocycles. The van der Waals surface area contributed by atoms with Crippen LogP contribution in [0.1, 0.15) is 53.2 Å². The lowest BCUT2D eigenvalue weighted by Gasteiger charge is -2.28. The lowest BCUT2D eigenvalue weighted by Crippen LogP contribution is -2.53. The fraction of sp³-hybridized carbons (Fsp3) is 0.444. The number of nitrogens with zero attached hydrogens (tertiary/aromatic N) is 4. The number of methoxy groups -OCH3 is 1. The number of para-hydroxylation sites is 1. The van der Waals surface area contributed by atoms with Crippen LogP contribution in [0.4, 0.5) is 0 Å². The Hall–Kier alpha value is -3.77. The Labute approximate surface area is 229 Å². The highest BCUT2D eigenvalue weighted by Crippen LogP contribution is 2.32. The van der Waals surface area contributed by atoms with Crippen LogP contribution in [-0.2, 0) is 26.4 Å². The largest absolute Gasteiger partial charge is 0.496 e. The zero-order valence-corrected chi connectivity index (χ0v) is 23.8. The highest BCUT2D eigenvalue weighted by Gasteiger charge is 2.38. The van der Waals surface area contributed by atoms with Gasteiger partial charge in [0.05, 0.1) is 32.1 Å². The Morgan fingerprint density at radius 1 is 1.13 bits per heavy atom. The first kappa shape index (κ1) is 28.2. The molecule has 1 atom stereocenters. The van der Waals surface area contributed by atoms with E-state index in [1.807, 2.05) is 38.1 Å². The van der Waals surface area contributed by atoms with Crippen molar-refractivity contribution in [2.75, 3.05) is 7.11 Å². The molecule has 0 aliphatic carbocycles. The average molecular weight is 557 g/mol. The van der Waals surface area contributed by atoms with Crippen molar-refractivity contribution in [3.8, 4) is 16.6 Å². The molecule has 3 heterocycles. The minimum absolute atomic E-state index is 0.00143. The van der Waals surface area contributed by atoms with E-state index in [0.29, 0.717) is 15.6 Å². The molecule has 0 amide bonds. The maximum atomic E-state index is 14.1. The summed E-state index contributed by atoms with van der Waals surface area (Å²) in [5, 5.41) is 0.319. The molecular weight excluding hydrogens is 524 g/mol. The van der Waals surface area contributed by atoms with Crippen LogP contribution in [0.15, 0.2) is 50.7 Å². The standard InChI is InChI=1S/C27H32N4O7S/c1-15(2)37-19(17-10-8-9-11-18(17)35-7)14-30-24-20(29-22(39-24)21-28-12-13-36-21)23(32)31(26(30)34)27(5,6)25(33)38-16(3)4/h8-13,15-16,19H,14H2,1-7H3. The van der Waals surface area contributed by atoms with Crippen molar-refractivity contribution in [1.82, 2.24) is 19.1 Å². The third kappa shape index (κ3) is 5.52. The zero-order chi connectivity index (χ0) is 28.5. The summed E-state index contributed by atoms with van der Waals surface area (Å²) >= 11 is 1.09. The van der Waals surface area contributed by atoms with Crippen molar-refractivity contribution >= 4 is 27.7 Å². The number of hydrogen-bond donors (Lipinski definition) is 0. The number of ether oxygens (including phenoxy) is 3. The Morgan fingerprint density at radius 3 is 2.46 bits per heavy atom. The van der Waals surface area contributed by atoms with Crippen LogP contribution in [0.2, 0.25) is 0 Å². The normalized spacial score (nSPS) is 12.8. The topological polar surface area (TPSA) is 128 Å². The first-order valence-electron chi connectivity index (χ1n) is 12.5. The summed E-state index contributed by atoms with van der Waals surface area (Å²) in [5.74, 6) is 0.0798. The number of thiazole rings is 1. The van der Waals surface area contributed by atoms with Crippen molar-refractivity contribution in [2.45, 2.75) is 71.9 Å². The van der Waals surface area contributed by atoms with Gasteiger partial charge in [-0.2, -0.15) is 0 Å². The summed E-state index contributed by atoms with van der Waals surface area (Å²) in [6, 6.07) is 7.36. The molecule has 4 rings (SSSR count). The highest BCUT2D eigenvalue weighted by molar-refractivity contribution is 7.21. The molecule has 4 aromatic rings. The Morgan fingerprint density at radius 2 is 1.85 bits per heavy atom. The molecule has 208 valence electrons. The SMILES string of the molecule is COc1ccccc1C(Cn1c(=O)n(C(C)(C)C(=O)OC(C)C)c(=O)c2nc(-c3ncco3)sc21)OC(C)C. The Balaban J connectivity index is 1.99. The third-order valence-corrected chi connectivity index (χ3v) is 7.04. The monoisotopic (exact) mass is 556 g/mol. The van der Waals surface area contributed by atoms with Crippen molar-refractivity contribution in [1.29, 1.82) is 0 Å². The van der Waals surface area contributed by atoms with E-state index in [0.717, 1.165) is 21.5 Å². The molecule has 1 aromatic carbocycles. The molecule has 1 unspecified atom stereocenters. The van der Waals surface area contributed by atoms with Crippen molar-refractivity contribution < 1.29 is 23.4 Å². The summed E-state index contributed by atoms with van der Waals surface area (Å²) in [4.78, 5) is 49.8. The molecule has 0 radical (unpaired) electrons. The second-order valence-corrected chi connectivity index (χ2v) is 10.9. The lowest BCUT2D eigenvalue weighted by atomic mass is 10.1. The number of fused-ring (bicyclic) bond motifs is 1. The molecule has 11 nitrogen and oxygen atoms in total. The van der Waals surface area contributed by atoms with Crippen LogP contribution in [0, 0.1) is 0 Å². The third-order valence-electron chi connectivity index (χ3n) is 5.97. The van der Waals surface area contributed by atoms with Gasteiger partial charge in [-0.15, -0.1) is 0 Å². The van der Waals surface area contributed by atoms with E-state index >= 15 is 0 Å². The predicted octanol–water partition coefficient (Wildman–Crippen LogP) is 4.14. The van der Waals surface area contributed by atoms with Crippen LogP contribution in [0.3, 0.4) is 0 Å². The number of aromatic nitrogens is 4. The fourth-order valence-electron chi connectivity index (χ4n) is 4.20. The number of hydrogen-bond acceptors (Lipinski definition) is 10. The second-order valence-electron chi connectivity index (χ2n) is 9.97. The highest BCUT2D eigenvalue weighted by atomic mass is 32.1. The van der Waals surface area contributed by atoms with Gasteiger partial charge in [-0.05, 0) is 47.6 Å². The van der Waals surface area contributed by atoms with Gasteiger partial charge >= 0.3 is 11.7 Å². The number of carbonyl (C=O) groups is 1. The van der Waals surface area contributed by atoms with Gasteiger partial charge in [0.15, 0.2) is 10.5 Å². The maximum Gasteiger partial charge on any atom is 0.333 e. The van der Waals surface area contributed by atoms with Gasteiger partial charge in [0, 0.05) is 5.56 Å². The van der Waals surface area contributed by atoms with E-state index in [4.69, 9.17) is 18.6 Å². The van der Waals surface area contributed by atoms with Crippen LogP contribution in [-0.4, -0.2) is 44.4 Å². The minimum Gasteiger partial charge on any atom is -0.496 e. The van der Waals surface area contributed by atoms with E-state index < -0.39 is 35.0 Å². The number of oxazole rings is 1. The second kappa shape index (κ2) is 11.1. The molecule has 0 spiro atoms. The number of benzene rings is 1. The van der Waals surface area contributed by atoms with Gasteiger partial charge in [0.1, 0.15) is 28.5 Å². The number of esters is 1. The van der Waals surface area contributed by atoms with Gasteiger partial charge in [-0.25, -0.2) is 24.1 Å². The van der Waals surface area contributed by atoms with Crippen LogP contribution in [0.5, 0.6) is 5.75 Å². The molecule has 39 heavy (non-hydrogen) atoms. The van der Waals surface area contributed by atoms with Crippen molar-refractivity contribution in [3.63, 3.8) is 0 Å². The molecule has 0 saturated carbocycles. The van der Waals surface area contributed by atoms with Gasteiger partial charge in [-0.3, -0.25) is 9.36 Å². The zero-order valence-electron chi connectivity index (χ0n) is 23.0. The summed E-state index contributed by atoms with van der Waals surface area (Å²) < 4.78 is 24.9. The molecule has 0 saturated heterocycles. The quantitative estimate of drug-likeness (QED) is 0.265. The first-order valence-corrected chi connectivity index (χ1v) is 13.3. The van der Waals surface area contributed by atoms with E-state index in [-0.39, 0.29) is 24.1 Å². The van der Waals surface area contributed by atoms with E-state index in [2.05, 4.69) is 9.97 Å². The molecule has 12 heteroatoms. The van der Waals surface area contributed by atoms with Crippen LogP contribution >= 0.6 is 11.3 Å². The number of rotatable bonds is 10. The van der Waals surface area contributed by atoms with Gasteiger partial charge < -0.3 is 18.6 Å². The van der Waals surface area contributed by atoms with E-state index in [1.54, 1.807) is 21.0 Å². The molecular formula is C27H32N4O7S. The van der Waals surface area contributed by atoms with Gasteiger partial charge in [0.2, 0.25) is 0 Å². The van der Waals surface area contributed by atoms with Gasteiger partial charge in [-0.1, -0.05) is 29.5 Å². The first-order chi connectivity index (χ1) is 18.4. The molecule has 0 bridgehead atoms. The summed E-state index contributed by atoms with van der Waals surface area (Å²) in [6.45, 7) is 10.1. The van der Waals surface area contributed by atoms with Gasteiger partial charge in [0.25, 0.3) is 11.4 Å². The van der Waals surface area contributed by atoms with Crippen LogP contribution in [0.25, 0.3) is 21.2 Å². The lowest BCUT2D eigenvalue weighted by molar-refractivity contribution is -0.157.